The smallest absolute Gasteiger partial charge is 0.191 e. The summed E-state index contributed by atoms with van der Waals surface area (Å²) in [5.41, 5.74) is 0. The van der Waals surface area contributed by atoms with Crippen molar-refractivity contribution < 1.29 is 5.11 Å². The minimum Gasteiger partial charge on any atom is -0.391 e. The lowest BCUT2D eigenvalue weighted by Gasteiger charge is -2.35. The van der Waals surface area contributed by atoms with Crippen molar-refractivity contribution in [3.8, 4) is 0 Å². The van der Waals surface area contributed by atoms with Crippen molar-refractivity contribution in [1.29, 1.82) is 0 Å². The molecular formula is C12H20N4OS. The third-order valence-electron chi connectivity index (χ3n) is 3.37. The maximum Gasteiger partial charge on any atom is 0.191 e. The van der Waals surface area contributed by atoms with E-state index in [1.54, 1.807) is 0 Å². The Kier molecular flexibility index (Phi) is 4.29. The number of aliphatic hydroxyl groups is 1. The molecule has 2 rings (SSSR count). The molecule has 6 heteroatoms. The highest BCUT2D eigenvalue weighted by Gasteiger charge is 2.25. The van der Waals surface area contributed by atoms with Crippen LogP contribution in [0.1, 0.15) is 13.3 Å². The molecule has 0 aliphatic carbocycles. The summed E-state index contributed by atoms with van der Waals surface area (Å²) < 4.78 is 0. The molecule has 2 heterocycles. The normalized spacial score (nSPS) is 24.1. The summed E-state index contributed by atoms with van der Waals surface area (Å²) in [4.78, 5) is 11.0. The number of anilines is 2. The van der Waals surface area contributed by atoms with Crippen molar-refractivity contribution in [2.75, 3.05) is 36.6 Å². The Bertz CT molecular complexity index is 393. The van der Waals surface area contributed by atoms with Crippen molar-refractivity contribution in [2.24, 2.45) is 5.92 Å². The average Bonchev–Trinajstić information content (AvgIpc) is 2.41. The molecular weight excluding hydrogens is 248 g/mol. The zero-order valence-corrected chi connectivity index (χ0v) is 11.9. The number of piperidine rings is 1. The number of nitrogens with one attached hydrogen (secondary N) is 1. The second kappa shape index (κ2) is 5.75. The number of aliphatic hydroxyl groups excluding tert-OH is 1. The van der Waals surface area contributed by atoms with Crippen LogP contribution in [0.15, 0.2) is 11.2 Å². The van der Waals surface area contributed by atoms with Gasteiger partial charge in [-0.05, 0) is 18.6 Å². The quantitative estimate of drug-likeness (QED) is 0.639. The largest absolute Gasteiger partial charge is 0.391 e. The molecule has 0 bridgehead atoms. The standard InChI is InChI=1S/C12H20N4OS/c1-8-4-5-16(7-9(8)17)11-6-10(13-2)14-12(15-11)18-3/h6,8-9,17H,4-5,7H2,1-3H3,(H,13,14,15). The van der Waals surface area contributed by atoms with E-state index >= 15 is 0 Å². The van der Waals surface area contributed by atoms with E-state index in [4.69, 9.17) is 0 Å². The number of nitrogens with zero attached hydrogens (tertiary/aromatic N) is 3. The molecule has 0 amide bonds. The summed E-state index contributed by atoms with van der Waals surface area (Å²) >= 11 is 1.53. The van der Waals surface area contributed by atoms with Crippen molar-refractivity contribution >= 4 is 23.4 Å². The third kappa shape index (κ3) is 2.87. The van der Waals surface area contributed by atoms with Crippen LogP contribution in [0, 0.1) is 5.92 Å². The molecule has 1 fully saturated rings. The van der Waals surface area contributed by atoms with Gasteiger partial charge in [-0.3, -0.25) is 0 Å². The van der Waals surface area contributed by atoms with Gasteiger partial charge in [0.25, 0.3) is 0 Å². The van der Waals surface area contributed by atoms with Gasteiger partial charge in [-0.15, -0.1) is 0 Å². The van der Waals surface area contributed by atoms with E-state index in [1.807, 2.05) is 19.4 Å². The molecule has 100 valence electrons. The fourth-order valence-corrected chi connectivity index (χ4v) is 2.43. The molecule has 1 aliphatic rings. The fourth-order valence-electron chi connectivity index (χ4n) is 2.05. The molecule has 1 aromatic heterocycles. The van der Waals surface area contributed by atoms with Gasteiger partial charge in [0.05, 0.1) is 6.10 Å². The van der Waals surface area contributed by atoms with E-state index in [0.29, 0.717) is 12.5 Å². The zero-order valence-electron chi connectivity index (χ0n) is 11.1. The summed E-state index contributed by atoms with van der Waals surface area (Å²) in [6.07, 6.45) is 2.69. The van der Waals surface area contributed by atoms with E-state index < -0.39 is 0 Å². The number of β-amino-alcohol motifs (C(OH)–C–C–N with tert-alkyl or cyclic N) is 1. The Balaban J connectivity index is 2.22. The van der Waals surface area contributed by atoms with E-state index in [-0.39, 0.29) is 6.10 Å². The van der Waals surface area contributed by atoms with Crippen LogP contribution in [0.4, 0.5) is 11.6 Å². The first-order valence-electron chi connectivity index (χ1n) is 6.18. The van der Waals surface area contributed by atoms with Gasteiger partial charge in [-0.1, -0.05) is 18.7 Å². The van der Waals surface area contributed by atoms with Gasteiger partial charge in [0.15, 0.2) is 5.16 Å². The molecule has 1 aromatic rings. The number of hydrogen-bond donors (Lipinski definition) is 2. The van der Waals surface area contributed by atoms with Crippen LogP contribution in [0.5, 0.6) is 0 Å². The highest BCUT2D eigenvalue weighted by molar-refractivity contribution is 7.98. The Labute approximate surface area is 112 Å². The van der Waals surface area contributed by atoms with Gasteiger partial charge >= 0.3 is 0 Å². The van der Waals surface area contributed by atoms with Crippen LogP contribution >= 0.6 is 11.8 Å². The first kappa shape index (κ1) is 13.4. The van der Waals surface area contributed by atoms with E-state index in [0.717, 1.165) is 29.8 Å². The second-order valence-electron chi connectivity index (χ2n) is 4.63. The first-order chi connectivity index (χ1) is 8.63. The van der Waals surface area contributed by atoms with Crippen molar-refractivity contribution in [3.63, 3.8) is 0 Å². The van der Waals surface area contributed by atoms with Crippen LogP contribution < -0.4 is 10.2 Å². The Morgan fingerprint density at radius 3 is 2.89 bits per heavy atom. The minimum atomic E-state index is -0.274. The van der Waals surface area contributed by atoms with Crippen LogP contribution in [-0.2, 0) is 0 Å². The molecule has 2 atom stereocenters. The zero-order chi connectivity index (χ0) is 13.1. The van der Waals surface area contributed by atoms with Crippen LogP contribution in [-0.4, -0.2) is 47.6 Å². The maximum atomic E-state index is 9.96. The van der Waals surface area contributed by atoms with E-state index in [9.17, 15) is 5.11 Å². The van der Waals surface area contributed by atoms with E-state index in [2.05, 4.69) is 27.1 Å². The average molecular weight is 268 g/mol. The molecule has 2 N–H and O–H groups in total. The second-order valence-corrected chi connectivity index (χ2v) is 5.40. The minimum absolute atomic E-state index is 0.274. The van der Waals surface area contributed by atoms with Crippen molar-refractivity contribution in [2.45, 2.75) is 24.6 Å². The van der Waals surface area contributed by atoms with Crippen molar-refractivity contribution in [3.05, 3.63) is 6.07 Å². The maximum absolute atomic E-state index is 9.96. The van der Waals surface area contributed by atoms with Gasteiger partial charge in [0.1, 0.15) is 11.6 Å². The van der Waals surface area contributed by atoms with Crippen LogP contribution in [0.25, 0.3) is 0 Å². The predicted molar refractivity (Wildman–Crippen MR) is 75.4 cm³/mol. The summed E-state index contributed by atoms with van der Waals surface area (Å²) in [6.45, 7) is 3.68. The van der Waals surface area contributed by atoms with E-state index in [1.165, 1.54) is 11.8 Å². The highest BCUT2D eigenvalue weighted by atomic mass is 32.2. The van der Waals surface area contributed by atoms with Gasteiger partial charge in [0.2, 0.25) is 0 Å². The Morgan fingerprint density at radius 1 is 1.50 bits per heavy atom. The van der Waals surface area contributed by atoms with Crippen LogP contribution in [0.2, 0.25) is 0 Å². The Morgan fingerprint density at radius 2 is 2.28 bits per heavy atom. The predicted octanol–water partition coefficient (Wildman–Crippen LogP) is 1.45. The highest BCUT2D eigenvalue weighted by Crippen LogP contribution is 2.25. The SMILES string of the molecule is CNc1cc(N2CCC(C)C(O)C2)nc(SC)n1. The molecule has 2 unspecified atom stereocenters. The van der Waals surface area contributed by atoms with Crippen molar-refractivity contribution in [1.82, 2.24) is 9.97 Å². The van der Waals surface area contributed by atoms with Crippen LogP contribution in [0.3, 0.4) is 0 Å². The summed E-state index contributed by atoms with van der Waals surface area (Å²) in [6, 6.07) is 1.93. The Hall–Kier alpha value is -1.01. The first-order valence-corrected chi connectivity index (χ1v) is 7.40. The summed E-state index contributed by atoms with van der Waals surface area (Å²) in [5.74, 6) is 2.08. The number of thioether (sulfide) groups is 1. The molecule has 5 nitrogen and oxygen atoms in total. The molecule has 18 heavy (non-hydrogen) atoms. The van der Waals surface area contributed by atoms with Gasteiger partial charge in [-0.2, -0.15) is 0 Å². The molecule has 1 aliphatic heterocycles. The molecule has 0 saturated carbocycles. The fraction of sp³-hybridized carbons (Fsp3) is 0.667. The van der Waals surface area contributed by atoms with Gasteiger partial charge in [-0.25, -0.2) is 9.97 Å². The molecule has 0 aromatic carbocycles. The lowest BCUT2D eigenvalue weighted by molar-refractivity contribution is 0.102. The van der Waals surface area contributed by atoms with Gasteiger partial charge in [0, 0.05) is 26.2 Å². The molecule has 1 saturated heterocycles. The summed E-state index contributed by atoms with van der Waals surface area (Å²) in [5, 5.41) is 13.8. The molecule has 0 spiro atoms. The van der Waals surface area contributed by atoms with Gasteiger partial charge < -0.3 is 15.3 Å². The lowest BCUT2D eigenvalue weighted by Crippen LogP contribution is -2.43. The third-order valence-corrected chi connectivity index (χ3v) is 3.92. The molecule has 0 radical (unpaired) electrons. The monoisotopic (exact) mass is 268 g/mol. The number of rotatable bonds is 3. The lowest BCUT2D eigenvalue weighted by atomic mass is 9.96. The number of aromatic nitrogens is 2. The summed E-state index contributed by atoms with van der Waals surface area (Å²) in [7, 11) is 1.85. The number of hydrogen-bond acceptors (Lipinski definition) is 6. The topological polar surface area (TPSA) is 61.3 Å².